The maximum atomic E-state index is 2.89. The van der Waals surface area contributed by atoms with Crippen molar-refractivity contribution in [2.45, 2.75) is 123 Å². The molecule has 0 aromatic heterocycles. The molecule has 2 aromatic rings. The molecule has 4 rings (SSSR count). The van der Waals surface area contributed by atoms with Crippen molar-refractivity contribution in [1.29, 1.82) is 0 Å². The van der Waals surface area contributed by atoms with Gasteiger partial charge in [0.1, 0.15) is 0 Å². The van der Waals surface area contributed by atoms with Gasteiger partial charge in [0, 0.05) is 0 Å². The molecular weight excluding hydrogens is 552 g/mol. The van der Waals surface area contributed by atoms with Gasteiger partial charge in [-0.3, -0.25) is 0 Å². The van der Waals surface area contributed by atoms with E-state index in [1.54, 1.807) is 55.7 Å². The molecule has 2 unspecified atom stereocenters. The fraction of sp³-hybridized carbons (Fsp3) is 0.556. The summed E-state index contributed by atoms with van der Waals surface area (Å²) in [7, 11) is 0. The molecule has 0 saturated carbocycles. The third-order valence-electron chi connectivity index (χ3n) is 11.0. The van der Waals surface area contributed by atoms with E-state index in [1.807, 2.05) is 0 Å². The van der Waals surface area contributed by atoms with E-state index >= 15 is 0 Å². The second-order valence-electron chi connectivity index (χ2n) is 15.3. The molecule has 2 aromatic carbocycles. The van der Waals surface area contributed by atoms with Crippen LogP contribution in [-0.2, 0) is 17.9 Å². The Balaban J connectivity index is 2.02. The molecule has 207 valence electrons. The average molecular weight is 607 g/mol. The van der Waals surface area contributed by atoms with Gasteiger partial charge in [-0.05, 0) is 0 Å². The molecule has 2 aliphatic carbocycles. The zero-order chi connectivity index (χ0) is 28.5. The SMILES string of the molecule is CC1=Cc2c(ccc(C(C)C)c2C(C)C)[CH]1[Zr]([CH3])([CH3])([CH]1C(C)=Cc2c1ccc(C(C)C)c2C(C)C)[SiH](C)C. The molecule has 0 bridgehead atoms. The van der Waals surface area contributed by atoms with Crippen LogP contribution in [0.3, 0.4) is 0 Å². The summed E-state index contributed by atoms with van der Waals surface area (Å²) in [6.07, 6.45) is 5.27. The van der Waals surface area contributed by atoms with Gasteiger partial charge in [-0.1, -0.05) is 0 Å². The Morgan fingerprint density at radius 2 is 0.921 bits per heavy atom. The van der Waals surface area contributed by atoms with Crippen molar-refractivity contribution in [3.8, 4) is 0 Å². The average Bonchev–Trinajstić information content (AvgIpc) is 3.33. The standard InChI is InChI=1S/2C16H21.C2H7Si.2CH3.Zr/c2*1-10(2)14-7-6-13-8-12(5)9-15(13)16(14)11(3)4;1-3-2;;;/h2*6-11H,1-5H3;3H,1-2H3;2*1H3;. The predicted octanol–water partition coefficient (Wildman–Crippen LogP) is 11.6. The van der Waals surface area contributed by atoms with Gasteiger partial charge >= 0.3 is 238 Å². The van der Waals surface area contributed by atoms with Crippen LogP contribution in [0.2, 0.25) is 22.4 Å². The Labute approximate surface area is 237 Å². The number of hydrogen-bond donors (Lipinski definition) is 0. The molecule has 0 amide bonds. The summed E-state index contributed by atoms with van der Waals surface area (Å²) in [4.78, 5) is 0. The van der Waals surface area contributed by atoms with Gasteiger partial charge in [0.05, 0.1) is 0 Å². The minimum atomic E-state index is -3.54. The Morgan fingerprint density at radius 3 is 1.18 bits per heavy atom. The van der Waals surface area contributed by atoms with Gasteiger partial charge in [-0.15, -0.1) is 0 Å². The van der Waals surface area contributed by atoms with Crippen LogP contribution in [0, 0.1) is 0 Å². The summed E-state index contributed by atoms with van der Waals surface area (Å²) >= 11 is -3.54. The van der Waals surface area contributed by atoms with Crippen LogP contribution in [0.4, 0.5) is 0 Å². The van der Waals surface area contributed by atoms with E-state index in [-0.39, 0.29) is 0 Å². The van der Waals surface area contributed by atoms with Crippen LogP contribution in [0.15, 0.2) is 35.4 Å². The number of rotatable bonds is 7. The van der Waals surface area contributed by atoms with Gasteiger partial charge < -0.3 is 0 Å². The summed E-state index contributed by atoms with van der Waals surface area (Å²) in [5.41, 5.74) is 16.2. The molecule has 0 aliphatic heterocycles. The van der Waals surface area contributed by atoms with Gasteiger partial charge in [-0.25, -0.2) is 0 Å². The number of fused-ring (bicyclic) bond motifs is 2. The van der Waals surface area contributed by atoms with E-state index in [4.69, 9.17) is 0 Å². The molecule has 0 fully saturated rings. The molecule has 2 heteroatoms. The second-order valence-corrected chi connectivity index (χ2v) is 53.2. The van der Waals surface area contributed by atoms with Crippen molar-refractivity contribution in [3.63, 3.8) is 0 Å². The molecule has 0 nitrogen and oxygen atoms in total. The molecule has 2 aliphatic rings. The third-order valence-corrected chi connectivity index (χ3v) is 58.2. The van der Waals surface area contributed by atoms with Crippen molar-refractivity contribution in [3.05, 3.63) is 79.9 Å². The van der Waals surface area contributed by atoms with Gasteiger partial charge in [0.25, 0.3) is 0 Å². The van der Waals surface area contributed by atoms with Crippen molar-refractivity contribution in [2.75, 3.05) is 0 Å². The number of hydrogen-bond acceptors (Lipinski definition) is 0. The van der Waals surface area contributed by atoms with E-state index in [9.17, 15) is 0 Å². The third kappa shape index (κ3) is 4.31. The van der Waals surface area contributed by atoms with Crippen LogP contribution >= 0.6 is 0 Å². The zero-order valence-corrected chi connectivity index (χ0v) is 30.6. The van der Waals surface area contributed by atoms with Crippen LogP contribution in [0.5, 0.6) is 0 Å². The molecule has 0 heterocycles. The summed E-state index contributed by atoms with van der Waals surface area (Å²) in [5, 5.41) is 0. The van der Waals surface area contributed by atoms with Crippen molar-refractivity contribution < 1.29 is 17.9 Å². The Kier molecular flexibility index (Phi) is 8.00. The van der Waals surface area contributed by atoms with Gasteiger partial charge in [-0.2, -0.15) is 0 Å². The molecule has 38 heavy (non-hydrogen) atoms. The Hall–Kier alpha value is -0.980. The fourth-order valence-electron chi connectivity index (χ4n) is 8.82. The predicted molar refractivity (Wildman–Crippen MR) is 173 cm³/mol. The topological polar surface area (TPSA) is 0 Å². The Bertz CT molecular complexity index is 1220. The summed E-state index contributed by atoms with van der Waals surface area (Å²) in [6, 6.07) is 10.2. The van der Waals surface area contributed by atoms with Crippen LogP contribution < -0.4 is 0 Å². The first-order valence-corrected chi connectivity index (χ1v) is 30.3. The van der Waals surface area contributed by atoms with E-state index in [0.29, 0.717) is 30.9 Å². The summed E-state index contributed by atoms with van der Waals surface area (Å²) < 4.78 is 7.07. The monoisotopic (exact) mass is 605 g/mol. The normalized spacial score (nSPS) is 20.3. The maximum absolute atomic E-state index is 3.54. The fourth-order valence-corrected chi connectivity index (χ4v) is 39.6. The van der Waals surface area contributed by atoms with E-state index in [0.717, 1.165) is 0 Å². The minimum absolute atomic E-state index is 0.549. The molecular formula is C36H55SiZr. The zero-order valence-electron chi connectivity index (χ0n) is 27.0. The van der Waals surface area contributed by atoms with Crippen LogP contribution in [0.25, 0.3) is 12.2 Å². The molecule has 0 spiro atoms. The van der Waals surface area contributed by atoms with E-state index < -0.39 is 23.9 Å². The van der Waals surface area contributed by atoms with E-state index in [2.05, 4.69) is 128 Å². The van der Waals surface area contributed by atoms with Crippen molar-refractivity contribution in [2.24, 2.45) is 0 Å². The quantitative estimate of drug-likeness (QED) is 0.275. The summed E-state index contributed by atoms with van der Waals surface area (Å²) in [5.74, 6) is 1.19. The number of allylic oxidation sites excluding steroid dienone is 2. The van der Waals surface area contributed by atoms with Gasteiger partial charge in [0.2, 0.25) is 0 Å². The van der Waals surface area contributed by atoms with E-state index in [1.165, 1.54) is 0 Å². The second kappa shape index (κ2) is 10.1. The molecule has 0 saturated heterocycles. The van der Waals surface area contributed by atoms with Crippen LogP contribution in [-0.4, -0.2) is 5.92 Å². The first-order valence-electron chi connectivity index (χ1n) is 15.4. The van der Waals surface area contributed by atoms with Crippen molar-refractivity contribution in [1.82, 2.24) is 0 Å². The summed E-state index contributed by atoms with van der Waals surface area (Å²) in [6.45, 7) is 29.4. The first-order chi connectivity index (χ1) is 17.5. The van der Waals surface area contributed by atoms with Crippen LogP contribution in [0.1, 0.15) is 145 Å². The molecule has 0 N–H and O–H groups in total. The van der Waals surface area contributed by atoms with Gasteiger partial charge in [0.15, 0.2) is 0 Å². The van der Waals surface area contributed by atoms with Crippen molar-refractivity contribution >= 4 is 18.1 Å². The molecule has 0 radical (unpaired) electrons. The molecule has 2 atom stereocenters. The number of benzene rings is 2. The first kappa shape index (κ1) is 30.0. The Morgan fingerprint density at radius 1 is 0.579 bits per heavy atom.